The van der Waals surface area contributed by atoms with E-state index >= 15 is 0 Å². The van der Waals surface area contributed by atoms with Gasteiger partial charge in [0.25, 0.3) is 0 Å². The highest BCUT2D eigenvalue weighted by Crippen LogP contribution is 2.30. The zero-order valence-corrected chi connectivity index (χ0v) is 14.2. The van der Waals surface area contributed by atoms with E-state index in [0.29, 0.717) is 0 Å². The van der Waals surface area contributed by atoms with Crippen LogP contribution in [-0.4, -0.2) is 48.6 Å². The number of rotatable bonds is 6. The van der Waals surface area contributed by atoms with E-state index < -0.39 is 0 Å². The fraction of sp³-hybridized carbons (Fsp3) is 0.812. The second-order valence-electron chi connectivity index (χ2n) is 6.17. The number of aromatic nitrogens is 1. The van der Waals surface area contributed by atoms with Gasteiger partial charge >= 0.3 is 0 Å². The van der Waals surface area contributed by atoms with Crippen LogP contribution in [0.3, 0.4) is 0 Å². The van der Waals surface area contributed by atoms with Crippen LogP contribution in [0.15, 0.2) is 0 Å². The number of nitrogens with zero attached hydrogens (tertiary/aromatic N) is 3. The number of nitrogens with one attached hydrogen (secondary N) is 1. The minimum atomic E-state index is 0.773. The monoisotopic (exact) mass is 308 g/mol. The van der Waals surface area contributed by atoms with Gasteiger partial charge < -0.3 is 10.2 Å². The number of thiazole rings is 1. The second-order valence-corrected chi connectivity index (χ2v) is 7.24. The maximum absolute atomic E-state index is 4.93. The fourth-order valence-corrected chi connectivity index (χ4v) is 4.62. The number of piperazine rings is 1. The largest absolute Gasteiger partial charge is 0.345 e. The van der Waals surface area contributed by atoms with Gasteiger partial charge in [-0.1, -0.05) is 13.8 Å². The highest BCUT2D eigenvalue weighted by molar-refractivity contribution is 7.15. The SMILES string of the molecule is CCCNCc1sc(N2CCN3CCCC3C2)nc1CC. The van der Waals surface area contributed by atoms with Gasteiger partial charge in [0, 0.05) is 37.1 Å². The molecule has 0 bridgehead atoms. The fourth-order valence-electron chi connectivity index (χ4n) is 3.46. The first-order valence-electron chi connectivity index (χ1n) is 8.50. The van der Waals surface area contributed by atoms with Gasteiger partial charge in [0.15, 0.2) is 5.13 Å². The van der Waals surface area contributed by atoms with E-state index in [1.54, 1.807) is 0 Å². The first-order chi connectivity index (χ1) is 10.3. The molecule has 3 heterocycles. The Morgan fingerprint density at radius 1 is 1.29 bits per heavy atom. The Kier molecular flexibility index (Phi) is 5.14. The zero-order valence-electron chi connectivity index (χ0n) is 13.4. The molecule has 1 N–H and O–H groups in total. The van der Waals surface area contributed by atoms with Crippen molar-refractivity contribution >= 4 is 16.5 Å². The molecule has 0 spiro atoms. The van der Waals surface area contributed by atoms with Crippen molar-refractivity contribution in [3.05, 3.63) is 10.6 Å². The molecule has 0 radical (unpaired) electrons. The third-order valence-electron chi connectivity index (χ3n) is 4.67. The lowest BCUT2D eigenvalue weighted by molar-refractivity contribution is 0.231. The van der Waals surface area contributed by atoms with Crippen molar-refractivity contribution in [2.75, 3.05) is 37.6 Å². The molecule has 3 rings (SSSR count). The molecule has 0 saturated carbocycles. The lowest BCUT2D eigenvalue weighted by Gasteiger charge is -2.37. The molecule has 2 fully saturated rings. The molecule has 1 atom stereocenters. The summed E-state index contributed by atoms with van der Waals surface area (Å²) < 4.78 is 0. The average Bonchev–Trinajstić information content (AvgIpc) is 3.13. The highest BCUT2D eigenvalue weighted by atomic mass is 32.1. The van der Waals surface area contributed by atoms with E-state index in [4.69, 9.17) is 4.98 Å². The van der Waals surface area contributed by atoms with E-state index in [9.17, 15) is 0 Å². The number of hydrogen-bond acceptors (Lipinski definition) is 5. The molecule has 2 saturated heterocycles. The first-order valence-corrected chi connectivity index (χ1v) is 9.31. The number of hydrogen-bond donors (Lipinski definition) is 1. The summed E-state index contributed by atoms with van der Waals surface area (Å²) in [7, 11) is 0. The number of fused-ring (bicyclic) bond motifs is 1. The molecule has 21 heavy (non-hydrogen) atoms. The van der Waals surface area contributed by atoms with Crippen LogP contribution in [0.1, 0.15) is 43.7 Å². The highest BCUT2D eigenvalue weighted by Gasteiger charge is 2.31. The Hall–Kier alpha value is -0.650. The summed E-state index contributed by atoms with van der Waals surface area (Å²) in [6, 6.07) is 0.773. The van der Waals surface area contributed by atoms with E-state index in [-0.39, 0.29) is 0 Å². The Morgan fingerprint density at radius 2 is 2.19 bits per heavy atom. The quantitative estimate of drug-likeness (QED) is 0.818. The Bertz CT molecular complexity index is 459. The molecular weight excluding hydrogens is 280 g/mol. The van der Waals surface area contributed by atoms with Crippen molar-refractivity contribution in [3.8, 4) is 0 Å². The normalized spacial score (nSPS) is 22.8. The third-order valence-corrected chi connectivity index (χ3v) is 5.83. The van der Waals surface area contributed by atoms with Gasteiger partial charge in [-0.2, -0.15) is 0 Å². The van der Waals surface area contributed by atoms with Crippen molar-refractivity contribution in [2.24, 2.45) is 0 Å². The van der Waals surface area contributed by atoms with Gasteiger partial charge in [0.2, 0.25) is 0 Å². The van der Waals surface area contributed by atoms with Crippen molar-refractivity contribution in [3.63, 3.8) is 0 Å². The van der Waals surface area contributed by atoms with Crippen molar-refractivity contribution < 1.29 is 0 Å². The zero-order chi connectivity index (χ0) is 14.7. The smallest absolute Gasteiger partial charge is 0.185 e. The van der Waals surface area contributed by atoms with Gasteiger partial charge in [0.1, 0.15) is 0 Å². The average molecular weight is 308 g/mol. The molecule has 2 aliphatic rings. The summed E-state index contributed by atoms with van der Waals surface area (Å²) in [5.74, 6) is 0. The molecule has 4 nitrogen and oxygen atoms in total. The molecule has 2 aliphatic heterocycles. The summed E-state index contributed by atoms with van der Waals surface area (Å²) in [5.41, 5.74) is 1.30. The van der Waals surface area contributed by atoms with Gasteiger partial charge in [-0.15, -0.1) is 11.3 Å². The second kappa shape index (κ2) is 7.07. The predicted molar refractivity (Wildman–Crippen MR) is 90.3 cm³/mol. The summed E-state index contributed by atoms with van der Waals surface area (Å²) in [6.07, 6.45) is 4.98. The van der Waals surface area contributed by atoms with Gasteiger partial charge in [0.05, 0.1) is 5.69 Å². The first kappa shape index (κ1) is 15.3. The summed E-state index contributed by atoms with van der Waals surface area (Å²) in [6.45, 7) is 11.4. The minimum Gasteiger partial charge on any atom is -0.345 e. The summed E-state index contributed by atoms with van der Waals surface area (Å²) in [5, 5.41) is 4.78. The van der Waals surface area contributed by atoms with E-state index in [0.717, 1.165) is 32.1 Å². The van der Waals surface area contributed by atoms with Crippen LogP contribution in [-0.2, 0) is 13.0 Å². The lowest BCUT2D eigenvalue weighted by Crippen LogP contribution is -2.50. The topological polar surface area (TPSA) is 31.4 Å². The number of aryl methyl sites for hydroxylation is 1. The standard InChI is InChI=1S/C16H28N4S/c1-3-7-17-11-15-14(4-2)18-16(21-15)20-10-9-19-8-5-6-13(19)12-20/h13,17H,3-12H2,1-2H3. The molecule has 1 aromatic heterocycles. The molecular formula is C16H28N4S. The van der Waals surface area contributed by atoms with E-state index in [1.807, 2.05) is 11.3 Å². The van der Waals surface area contributed by atoms with Crippen molar-refractivity contribution in [1.29, 1.82) is 0 Å². The van der Waals surface area contributed by atoms with Crippen LogP contribution >= 0.6 is 11.3 Å². The van der Waals surface area contributed by atoms with Crippen LogP contribution in [0.25, 0.3) is 0 Å². The Labute approximate surface area is 132 Å². The Balaban J connectivity index is 1.67. The van der Waals surface area contributed by atoms with Crippen LogP contribution in [0.2, 0.25) is 0 Å². The minimum absolute atomic E-state index is 0.773. The summed E-state index contributed by atoms with van der Waals surface area (Å²) >= 11 is 1.91. The predicted octanol–water partition coefficient (Wildman–Crippen LogP) is 2.49. The lowest BCUT2D eigenvalue weighted by atomic mass is 10.2. The van der Waals surface area contributed by atoms with Gasteiger partial charge in [-0.05, 0) is 38.8 Å². The summed E-state index contributed by atoms with van der Waals surface area (Å²) in [4.78, 5) is 11.6. The molecule has 0 aliphatic carbocycles. The number of anilines is 1. The third kappa shape index (κ3) is 3.41. The molecule has 0 amide bonds. The van der Waals surface area contributed by atoms with Crippen molar-refractivity contribution in [1.82, 2.24) is 15.2 Å². The molecule has 5 heteroatoms. The van der Waals surface area contributed by atoms with Crippen molar-refractivity contribution in [2.45, 2.75) is 52.1 Å². The van der Waals surface area contributed by atoms with Crippen LogP contribution < -0.4 is 10.2 Å². The van der Waals surface area contributed by atoms with E-state index in [2.05, 4.69) is 29.0 Å². The maximum Gasteiger partial charge on any atom is 0.185 e. The Morgan fingerprint density at radius 3 is 3.00 bits per heavy atom. The van der Waals surface area contributed by atoms with Gasteiger partial charge in [-0.3, -0.25) is 4.90 Å². The van der Waals surface area contributed by atoms with Crippen LogP contribution in [0.4, 0.5) is 5.13 Å². The molecule has 118 valence electrons. The van der Waals surface area contributed by atoms with Gasteiger partial charge in [-0.25, -0.2) is 4.98 Å². The molecule has 0 aromatic carbocycles. The maximum atomic E-state index is 4.93. The van der Waals surface area contributed by atoms with Crippen LogP contribution in [0.5, 0.6) is 0 Å². The van der Waals surface area contributed by atoms with E-state index in [1.165, 1.54) is 54.6 Å². The van der Waals surface area contributed by atoms with Crippen LogP contribution in [0, 0.1) is 0 Å². The molecule has 1 unspecified atom stereocenters. The molecule has 1 aromatic rings.